The number of benzene rings is 1. The Morgan fingerprint density at radius 3 is 2.80 bits per heavy atom. The van der Waals surface area contributed by atoms with Crippen molar-refractivity contribution in [3.63, 3.8) is 0 Å². The maximum Gasteiger partial charge on any atom is 0.293 e. The molecule has 0 spiro atoms. The van der Waals surface area contributed by atoms with Crippen molar-refractivity contribution in [2.75, 3.05) is 13.7 Å². The van der Waals surface area contributed by atoms with Gasteiger partial charge in [-0.3, -0.25) is 4.79 Å². The second-order valence-electron chi connectivity index (χ2n) is 3.18. The molecule has 0 unspecified atom stereocenters. The van der Waals surface area contributed by atoms with Gasteiger partial charge in [0.1, 0.15) is 0 Å². The molecule has 0 aliphatic heterocycles. The number of phenolic OH excluding ortho intramolecular Hbond substituents is 1. The van der Waals surface area contributed by atoms with E-state index in [0.29, 0.717) is 25.2 Å². The first kappa shape index (κ1) is 11.4. The van der Waals surface area contributed by atoms with Crippen LogP contribution < -0.4 is 4.74 Å². The third kappa shape index (κ3) is 2.87. The lowest BCUT2D eigenvalue weighted by atomic mass is 10.1. The maximum atomic E-state index is 9.95. The Hall–Kier alpha value is -1.71. The van der Waals surface area contributed by atoms with E-state index in [9.17, 15) is 9.90 Å². The van der Waals surface area contributed by atoms with Crippen LogP contribution in [0.3, 0.4) is 0 Å². The number of carbonyl (C=O) groups is 1. The van der Waals surface area contributed by atoms with E-state index < -0.39 is 0 Å². The molecular formula is C11H14O4. The van der Waals surface area contributed by atoms with E-state index in [1.54, 1.807) is 13.0 Å². The van der Waals surface area contributed by atoms with Gasteiger partial charge in [0.15, 0.2) is 11.5 Å². The SMILES string of the molecule is COc1cc(CCOC=O)cc(C)c1O. The van der Waals surface area contributed by atoms with Crippen molar-refractivity contribution in [2.24, 2.45) is 0 Å². The second-order valence-corrected chi connectivity index (χ2v) is 3.18. The van der Waals surface area contributed by atoms with E-state index in [0.717, 1.165) is 11.1 Å². The van der Waals surface area contributed by atoms with Gasteiger partial charge in [0.25, 0.3) is 6.47 Å². The lowest BCUT2D eigenvalue weighted by Crippen LogP contribution is -1.98. The Bertz CT molecular complexity index is 347. The van der Waals surface area contributed by atoms with E-state index in [2.05, 4.69) is 4.74 Å². The molecule has 0 atom stereocenters. The summed E-state index contributed by atoms with van der Waals surface area (Å²) < 4.78 is 9.61. The minimum absolute atomic E-state index is 0.151. The number of aromatic hydroxyl groups is 1. The first-order chi connectivity index (χ1) is 7.19. The van der Waals surface area contributed by atoms with Crippen LogP contribution in [0.1, 0.15) is 11.1 Å². The molecule has 15 heavy (non-hydrogen) atoms. The van der Waals surface area contributed by atoms with Gasteiger partial charge in [-0.15, -0.1) is 0 Å². The predicted octanol–water partition coefficient (Wildman–Crippen LogP) is 1.42. The third-order valence-electron chi connectivity index (χ3n) is 2.12. The molecule has 1 aromatic rings. The Morgan fingerprint density at radius 1 is 1.47 bits per heavy atom. The van der Waals surface area contributed by atoms with E-state index in [1.165, 1.54) is 7.11 Å². The van der Waals surface area contributed by atoms with Gasteiger partial charge in [-0.25, -0.2) is 0 Å². The van der Waals surface area contributed by atoms with Crippen LogP contribution in [0.25, 0.3) is 0 Å². The number of phenols is 1. The largest absolute Gasteiger partial charge is 0.504 e. The fraction of sp³-hybridized carbons (Fsp3) is 0.364. The summed E-state index contributed by atoms with van der Waals surface area (Å²) >= 11 is 0. The van der Waals surface area contributed by atoms with Crippen molar-refractivity contribution >= 4 is 6.47 Å². The number of aryl methyl sites for hydroxylation is 1. The molecule has 0 amide bonds. The zero-order chi connectivity index (χ0) is 11.3. The van der Waals surface area contributed by atoms with Gasteiger partial charge in [-0.1, -0.05) is 6.07 Å². The van der Waals surface area contributed by atoms with Crippen LogP contribution in [0.4, 0.5) is 0 Å². The fourth-order valence-corrected chi connectivity index (χ4v) is 1.34. The van der Waals surface area contributed by atoms with Gasteiger partial charge in [-0.05, 0) is 24.1 Å². The van der Waals surface area contributed by atoms with Crippen LogP contribution in [-0.4, -0.2) is 25.3 Å². The quantitative estimate of drug-likeness (QED) is 0.590. The van der Waals surface area contributed by atoms with Gasteiger partial charge in [-0.2, -0.15) is 0 Å². The van der Waals surface area contributed by atoms with Crippen LogP contribution in [0.5, 0.6) is 11.5 Å². The minimum atomic E-state index is 0.151. The average molecular weight is 210 g/mol. The zero-order valence-electron chi connectivity index (χ0n) is 8.82. The zero-order valence-corrected chi connectivity index (χ0v) is 8.82. The molecule has 82 valence electrons. The summed E-state index contributed by atoms with van der Waals surface area (Å²) in [7, 11) is 1.50. The fourth-order valence-electron chi connectivity index (χ4n) is 1.34. The minimum Gasteiger partial charge on any atom is -0.504 e. The highest BCUT2D eigenvalue weighted by molar-refractivity contribution is 5.47. The maximum absolute atomic E-state index is 9.95. The highest BCUT2D eigenvalue weighted by atomic mass is 16.5. The van der Waals surface area contributed by atoms with Crippen LogP contribution in [0.2, 0.25) is 0 Å². The molecule has 0 heterocycles. The van der Waals surface area contributed by atoms with Gasteiger partial charge < -0.3 is 14.6 Å². The monoisotopic (exact) mass is 210 g/mol. The summed E-state index contributed by atoms with van der Waals surface area (Å²) in [5, 5.41) is 9.58. The molecule has 0 saturated carbocycles. The van der Waals surface area contributed by atoms with E-state index in [4.69, 9.17) is 4.74 Å². The van der Waals surface area contributed by atoms with E-state index in [1.807, 2.05) is 6.07 Å². The molecule has 1 N–H and O–H groups in total. The van der Waals surface area contributed by atoms with E-state index >= 15 is 0 Å². The molecule has 0 radical (unpaired) electrons. The smallest absolute Gasteiger partial charge is 0.293 e. The highest BCUT2D eigenvalue weighted by Gasteiger charge is 2.07. The van der Waals surface area contributed by atoms with Crippen LogP contribution in [0, 0.1) is 6.92 Å². The van der Waals surface area contributed by atoms with Crippen LogP contribution in [-0.2, 0) is 16.0 Å². The molecule has 0 saturated heterocycles. The lowest BCUT2D eigenvalue weighted by molar-refractivity contribution is -0.128. The number of rotatable bonds is 5. The summed E-state index contributed by atoms with van der Waals surface area (Å²) in [4.78, 5) is 9.95. The van der Waals surface area contributed by atoms with Crippen molar-refractivity contribution in [1.29, 1.82) is 0 Å². The van der Waals surface area contributed by atoms with E-state index in [-0.39, 0.29) is 5.75 Å². The Kier molecular flexibility index (Phi) is 3.97. The Balaban J connectivity index is 2.81. The highest BCUT2D eigenvalue weighted by Crippen LogP contribution is 2.30. The Morgan fingerprint density at radius 2 is 2.20 bits per heavy atom. The molecule has 0 bridgehead atoms. The topological polar surface area (TPSA) is 55.8 Å². The summed E-state index contributed by atoms with van der Waals surface area (Å²) in [6.45, 7) is 2.54. The number of carbonyl (C=O) groups excluding carboxylic acids is 1. The molecule has 0 aliphatic rings. The number of methoxy groups -OCH3 is 1. The van der Waals surface area contributed by atoms with Crippen molar-refractivity contribution in [3.8, 4) is 11.5 Å². The molecule has 1 aromatic carbocycles. The third-order valence-corrected chi connectivity index (χ3v) is 2.12. The molecular weight excluding hydrogens is 196 g/mol. The molecule has 0 aromatic heterocycles. The van der Waals surface area contributed by atoms with Gasteiger partial charge in [0, 0.05) is 6.42 Å². The van der Waals surface area contributed by atoms with Gasteiger partial charge >= 0.3 is 0 Å². The molecule has 4 heteroatoms. The normalized spacial score (nSPS) is 9.73. The number of hydrogen-bond donors (Lipinski definition) is 1. The number of ether oxygens (including phenoxy) is 2. The second kappa shape index (κ2) is 5.24. The lowest BCUT2D eigenvalue weighted by Gasteiger charge is -2.09. The predicted molar refractivity (Wildman–Crippen MR) is 55.1 cm³/mol. The summed E-state index contributed by atoms with van der Waals surface area (Å²) in [5.74, 6) is 0.591. The van der Waals surface area contributed by atoms with Gasteiger partial charge in [0.05, 0.1) is 13.7 Å². The number of hydrogen-bond acceptors (Lipinski definition) is 4. The summed E-state index contributed by atoms with van der Waals surface area (Å²) in [5.41, 5.74) is 1.71. The summed E-state index contributed by atoms with van der Waals surface area (Å²) in [6.07, 6.45) is 0.607. The molecule has 0 aliphatic carbocycles. The van der Waals surface area contributed by atoms with Crippen molar-refractivity contribution in [1.82, 2.24) is 0 Å². The van der Waals surface area contributed by atoms with Crippen molar-refractivity contribution < 1.29 is 19.4 Å². The first-order valence-electron chi connectivity index (χ1n) is 4.60. The first-order valence-corrected chi connectivity index (χ1v) is 4.60. The standard InChI is InChI=1S/C11H14O4/c1-8-5-9(3-4-15-7-12)6-10(14-2)11(8)13/h5-7,13H,3-4H2,1-2H3. The van der Waals surface area contributed by atoms with Crippen LogP contribution >= 0.6 is 0 Å². The van der Waals surface area contributed by atoms with Crippen molar-refractivity contribution in [2.45, 2.75) is 13.3 Å². The Labute approximate surface area is 88.4 Å². The van der Waals surface area contributed by atoms with Crippen molar-refractivity contribution in [3.05, 3.63) is 23.3 Å². The average Bonchev–Trinajstić information content (AvgIpc) is 2.23. The molecule has 4 nitrogen and oxygen atoms in total. The molecule has 0 fully saturated rings. The van der Waals surface area contributed by atoms with Gasteiger partial charge in [0.2, 0.25) is 0 Å². The molecule has 1 rings (SSSR count). The van der Waals surface area contributed by atoms with Crippen LogP contribution in [0.15, 0.2) is 12.1 Å². The summed E-state index contributed by atoms with van der Waals surface area (Å²) in [6, 6.07) is 3.57.